The van der Waals surface area contributed by atoms with E-state index in [2.05, 4.69) is 11.0 Å². The van der Waals surface area contributed by atoms with Gasteiger partial charge < -0.3 is 15.7 Å². The number of carboxylic acid groups (broad SMARTS) is 1. The zero-order valence-electron chi connectivity index (χ0n) is 10.7. The van der Waals surface area contributed by atoms with Gasteiger partial charge in [-0.3, -0.25) is 0 Å². The van der Waals surface area contributed by atoms with Crippen LogP contribution in [0.1, 0.15) is 22.2 Å². The van der Waals surface area contributed by atoms with Crippen molar-refractivity contribution in [1.82, 2.24) is 0 Å². The summed E-state index contributed by atoms with van der Waals surface area (Å²) in [7, 11) is 0. The van der Waals surface area contributed by atoms with E-state index >= 15 is 0 Å². The molecule has 0 fully saturated rings. The van der Waals surface area contributed by atoms with Crippen LogP contribution in [0.4, 0.5) is 11.4 Å². The predicted octanol–water partition coefficient (Wildman–Crippen LogP) is 3.05. The van der Waals surface area contributed by atoms with Crippen molar-refractivity contribution in [3.05, 3.63) is 46.2 Å². The van der Waals surface area contributed by atoms with Gasteiger partial charge in [0.05, 0.1) is 23.5 Å². The van der Waals surface area contributed by atoms with E-state index in [9.17, 15) is 4.79 Å². The number of benzene rings is 1. The number of aromatic carboxylic acids is 1. The Morgan fingerprint density at radius 2 is 2.21 bits per heavy atom. The van der Waals surface area contributed by atoms with Gasteiger partial charge in [0, 0.05) is 11.4 Å². The maximum atomic E-state index is 11.0. The lowest BCUT2D eigenvalue weighted by Gasteiger charge is -2.24. The molecule has 0 radical (unpaired) electrons. The van der Waals surface area contributed by atoms with E-state index < -0.39 is 5.97 Å². The minimum atomic E-state index is -0.937. The molecule has 2 aromatic rings. The maximum Gasteiger partial charge on any atom is 0.335 e. The van der Waals surface area contributed by atoms with Crippen molar-refractivity contribution in [3.63, 3.8) is 0 Å². The second kappa shape index (κ2) is 5.75. The van der Waals surface area contributed by atoms with Gasteiger partial charge in [0.15, 0.2) is 0 Å². The second-order valence-electron chi connectivity index (χ2n) is 4.17. The summed E-state index contributed by atoms with van der Waals surface area (Å²) < 4.78 is 0. The minimum Gasteiger partial charge on any atom is -0.478 e. The van der Waals surface area contributed by atoms with E-state index in [-0.39, 0.29) is 5.56 Å². The minimum absolute atomic E-state index is 0.258. The molecule has 0 bridgehead atoms. The van der Waals surface area contributed by atoms with Crippen molar-refractivity contribution in [1.29, 1.82) is 0 Å². The van der Waals surface area contributed by atoms with Gasteiger partial charge in [-0.05, 0) is 36.6 Å². The molecule has 0 aliphatic heterocycles. The SMILES string of the molecule is CCN(Cc1cccs1)c1cc(C(=O)O)ccc1N. The Morgan fingerprint density at radius 1 is 1.42 bits per heavy atom. The Kier molecular flexibility index (Phi) is 4.06. The van der Waals surface area contributed by atoms with Gasteiger partial charge in [0.2, 0.25) is 0 Å². The Morgan fingerprint density at radius 3 is 2.79 bits per heavy atom. The van der Waals surface area contributed by atoms with Crippen LogP contribution >= 0.6 is 11.3 Å². The molecular formula is C14H16N2O2S. The molecule has 0 spiro atoms. The Hall–Kier alpha value is -2.01. The van der Waals surface area contributed by atoms with E-state index in [1.165, 1.54) is 10.9 Å². The first-order chi connectivity index (χ1) is 9.11. The molecule has 1 heterocycles. The Bertz CT molecular complexity index is 567. The summed E-state index contributed by atoms with van der Waals surface area (Å²) in [5, 5.41) is 11.1. The van der Waals surface area contributed by atoms with E-state index in [1.807, 2.05) is 18.4 Å². The summed E-state index contributed by atoms with van der Waals surface area (Å²) >= 11 is 1.68. The first-order valence-electron chi connectivity index (χ1n) is 6.02. The molecule has 0 aliphatic carbocycles. The van der Waals surface area contributed by atoms with Gasteiger partial charge in [-0.2, -0.15) is 0 Å². The normalized spacial score (nSPS) is 10.4. The molecule has 2 rings (SSSR count). The van der Waals surface area contributed by atoms with E-state index in [0.29, 0.717) is 5.69 Å². The molecule has 1 aromatic heterocycles. The van der Waals surface area contributed by atoms with Crippen molar-refractivity contribution < 1.29 is 9.90 Å². The summed E-state index contributed by atoms with van der Waals surface area (Å²) in [6, 6.07) is 8.88. The average Bonchev–Trinajstić information content (AvgIpc) is 2.89. The smallest absolute Gasteiger partial charge is 0.335 e. The molecular weight excluding hydrogens is 260 g/mol. The highest BCUT2D eigenvalue weighted by Crippen LogP contribution is 2.27. The molecule has 5 heteroatoms. The monoisotopic (exact) mass is 276 g/mol. The third-order valence-corrected chi connectivity index (χ3v) is 3.79. The molecule has 4 nitrogen and oxygen atoms in total. The van der Waals surface area contributed by atoms with Crippen molar-refractivity contribution >= 4 is 28.7 Å². The molecule has 0 unspecified atom stereocenters. The van der Waals surface area contributed by atoms with E-state index in [1.54, 1.807) is 23.5 Å². The van der Waals surface area contributed by atoms with Crippen molar-refractivity contribution in [2.75, 3.05) is 17.2 Å². The highest BCUT2D eigenvalue weighted by atomic mass is 32.1. The quantitative estimate of drug-likeness (QED) is 0.824. The fourth-order valence-electron chi connectivity index (χ4n) is 1.91. The van der Waals surface area contributed by atoms with Crippen LogP contribution in [0.5, 0.6) is 0 Å². The molecule has 0 saturated carbocycles. The summed E-state index contributed by atoms with van der Waals surface area (Å²) in [6.07, 6.45) is 0. The van der Waals surface area contributed by atoms with Crippen LogP contribution < -0.4 is 10.6 Å². The first kappa shape index (κ1) is 13.4. The van der Waals surface area contributed by atoms with Gasteiger partial charge >= 0.3 is 5.97 Å². The third kappa shape index (κ3) is 3.06. The Labute approximate surface area is 116 Å². The predicted molar refractivity (Wildman–Crippen MR) is 78.9 cm³/mol. The van der Waals surface area contributed by atoms with Gasteiger partial charge in [-0.1, -0.05) is 6.07 Å². The Balaban J connectivity index is 2.31. The number of nitrogens with zero attached hydrogens (tertiary/aromatic N) is 1. The zero-order chi connectivity index (χ0) is 13.8. The lowest BCUT2D eigenvalue weighted by Crippen LogP contribution is -2.23. The lowest BCUT2D eigenvalue weighted by atomic mass is 10.1. The summed E-state index contributed by atoms with van der Waals surface area (Å²) in [6.45, 7) is 3.53. The number of carbonyl (C=O) groups is 1. The second-order valence-corrected chi connectivity index (χ2v) is 5.20. The van der Waals surface area contributed by atoms with Crippen LogP contribution in [0.3, 0.4) is 0 Å². The highest BCUT2D eigenvalue weighted by molar-refractivity contribution is 7.09. The molecule has 0 aliphatic rings. The van der Waals surface area contributed by atoms with Crippen LogP contribution in [0.15, 0.2) is 35.7 Å². The third-order valence-electron chi connectivity index (χ3n) is 2.93. The largest absolute Gasteiger partial charge is 0.478 e. The fourth-order valence-corrected chi connectivity index (χ4v) is 2.63. The van der Waals surface area contributed by atoms with Gasteiger partial charge in [-0.25, -0.2) is 4.79 Å². The number of rotatable bonds is 5. The van der Waals surface area contributed by atoms with Crippen LogP contribution in [0.25, 0.3) is 0 Å². The summed E-state index contributed by atoms with van der Waals surface area (Å²) in [4.78, 5) is 14.3. The number of thiophene rings is 1. The van der Waals surface area contributed by atoms with Crippen LogP contribution in [0, 0.1) is 0 Å². The van der Waals surface area contributed by atoms with Crippen molar-refractivity contribution in [2.45, 2.75) is 13.5 Å². The number of anilines is 2. The molecule has 19 heavy (non-hydrogen) atoms. The number of hydrogen-bond acceptors (Lipinski definition) is 4. The van der Waals surface area contributed by atoms with Gasteiger partial charge in [0.1, 0.15) is 0 Å². The van der Waals surface area contributed by atoms with E-state index in [0.717, 1.165) is 18.8 Å². The molecule has 0 amide bonds. The molecule has 1 aromatic carbocycles. The number of hydrogen-bond donors (Lipinski definition) is 2. The molecule has 0 atom stereocenters. The topological polar surface area (TPSA) is 66.6 Å². The van der Waals surface area contributed by atoms with Crippen molar-refractivity contribution in [3.8, 4) is 0 Å². The van der Waals surface area contributed by atoms with Crippen molar-refractivity contribution in [2.24, 2.45) is 0 Å². The van der Waals surface area contributed by atoms with E-state index in [4.69, 9.17) is 10.8 Å². The number of carboxylic acids is 1. The number of nitrogen functional groups attached to an aromatic ring is 1. The lowest BCUT2D eigenvalue weighted by molar-refractivity contribution is 0.0697. The van der Waals surface area contributed by atoms with Gasteiger partial charge in [0.25, 0.3) is 0 Å². The van der Waals surface area contributed by atoms with Crippen LogP contribution in [-0.2, 0) is 6.54 Å². The zero-order valence-corrected chi connectivity index (χ0v) is 11.5. The first-order valence-corrected chi connectivity index (χ1v) is 6.90. The van der Waals surface area contributed by atoms with Gasteiger partial charge in [-0.15, -0.1) is 11.3 Å². The molecule has 0 saturated heterocycles. The average molecular weight is 276 g/mol. The van der Waals surface area contributed by atoms with Crippen LogP contribution in [0.2, 0.25) is 0 Å². The number of nitrogens with two attached hydrogens (primary N) is 1. The highest BCUT2D eigenvalue weighted by Gasteiger charge is 2.12. The van der Waals surface area contributed by atoms with Crippen LogP contribution in [-0.4, -0.2) is 17.6 Å². The summed E-state index contributed by atoms with van der Waals surface area (Å²) in [5.41, 5.74) is 7.60. The molecule has 3 N–H and O–H groups in total. The summed E-state index contributed by atoms with van der Waals surface area (Å²) in [5.74, 6) is -0.937. The maximum absolute atomic E-state index is 11.0. The fraction of sp³-hybridized carbons (Fsp3) is 0.214. The molecule has 100 valence electrons. The standard InChI is InChI=1S/C14H16N2O2S/c1-2-16(9-11-4-3-7-19-11)13-8-10(14(17)18)5-6-12(13)15/h3-8H,2,9,15H2,1H3,(H,17,18).